The lowest BCUT2D eigenvalue weighted by atomic mass is 10.5. The molecule has 2 aromatic heterocycles. The normalized spacial score (nSPS) is 9.88. The fraction of sp³-hybridized carbons (Fsp3) is 0.200. The van der Waals surface area contributed by atoms with E-state index in [-0.39, 0.29) is 0 Å². The van der Waals surface area contributed by atoms with E-state index in [9.17, 15) is 0 Å². The lowest BCUT2D eigenvalue weighted by Crippen LogP contribution is -1.98. The Kier molecular flexibility index (Phi) is 2.90. The number of ether oxygens (including phenoxy) is 2. The van der Waals surface area contributed by atoms with Gasteiger partial charge in [-0.1, -0.05) is 0 Å². The molecule has 0 aliphatic heterocycles. The molecule has 0 saturated heterocycles. The number of hydrogen-bond acceptors (Lipinski definition) is 6. The molecule has 2 aromatic rings. The molecule has 6 nitrogen and oxygen atoms in total. The average Bonchev–Trinajstić information content (AvgIpc) is 2.39. The van der Waals surface area contributed by atoms with Crippen molar-refractivity contribution in [3.63, 3.8) is 0 Å². The molecule has 0 spiro atoms. The van der Waals surface area contributed by atoms with E-state index in [1.54, 1.807) is 38.7 Å². The van der Waals surface area contributed by atoms with Crippen molar-refractivity contribution in [2.24, 2.45) is 0 Å². The first-order chi connectivity index (χ1) is 7.83. The van der Waals surface area contributed by atoms with E-state index in [1.165, 1.54) is 0 Å². The SMILES string of the molecule is COc1ccnc(-c2nccc(OC)n2)n1. The van der Waals surface area contributed by atoms with Gasteiger partial charge in [0.1, 0.15) is 0 Å². The number of methoxy groups -OCH3 is 2. The Morgan fingerprint density at radius 3 is 1.62 bits per heavy atom. The van der Waals surface area contributed by atoms with E-state index in [0.29, 0.717) is 23.4 Å². The standard InChI is InChI=1S/C10H10N4O2/c1-15-7-3-5-11-9(13-7)10-12-6-4-8(14-10)16-2/h3-6H,1-2H3. The lowest BCUT2D eigenvalue weighted by molar-refractivity contribution is 0.395. The first kappa shape index (κ1) is 10.3. The topological polar surface area (TPSA) is 70.0 Å². The third-order valence-electron chi connectivity index (χ3n) is 1.88. The largest absolute Gasteiger partial charge is 0.481 e. The van der Waals surface area contributed by atoms with E-state index in [4.69, 9.17) is 9.47 Å². The van der Waals surface area contributed by atoms with Gasteiger partial charge in [0, 0.05) is 24.5 Å². The highest BCUT2D eigenvalue weighted by Crippen LogP contribution is 2.14. The van der Waals surface area contributed by atoms with Gasteiger partial charge < -0.3 is 9.47 Å². The van der Waals surface area contributed by atoms with Crippen molar-refractivity contribution in [3.05, 3.63) is 24.5 Å². The minimum atomic E-state index is 0.401. The van der Waals surface area contributed by atoms with Crippen LogP contribution in [0.1, 0.15) is 0 Å². The molecule has 0 aliphatic carbocycles. The summed E-state index contributed by atoms with van der Waals surface area (Å²) in [7, 11) is 3.08. The van der Waals surface area contributed by atoms with Crippen molar-refractivity contribution in [2.75, 3.05) is 14.2 Å². The zero-order valence-corrected chi connectivity index (χ0v) is 8.91. The molecule has 0 N–H and O–H groups in total. The smallest absolute Gasteiger partial charge is 0.216 e. The summed E-state index contributed by atoms with van der Waals surface area (Å²) in [5, 5.41) is 0. The first-order valence-electron chi connectivity index (χ1n) is 4.58. The van der Waals surface area contributed by atoms with Gasteiger partial charge in [-0.15, -0.1) is 0 Å². The second-order valence-electron chi connectivity index (χ2n) is 2.85. The Labute approximate surface area is 92.3 Å². The summed E-state index contributed by atoms with van der Waals surface area (Å²) >= 11 is 0. The number of rotatable bonds is 3. The first-order valence-corrected chi connectivity index (χ1v) is 4.58. The minimum Gasteiger partial charge on any atom is -0.481 e. The van der Waals surface area contributed by atoms with Gasteiger partial charge in [-0.3, -0.25) is 0 Å². The Morgan fingerprint density at radius 1 is 0.812 bits per heavy atom. The van der Waals surface area contributed by atoms with Crippen LogP contribution in [0, 0.1) is 0 Å². The molecule has 0 unspecified atom stereocenters. The summed E-state index contributed by atoms with van der Waals surface area (Å²) in [5.41, 5.74) is 0. The molecule has 0 aliphatic rings. The van der Waals surface area contributed by atoms with Crippen LogP contribution in [0.5, 0.6) is 11.8 Å². The van der Waals surface area contributed by atoms with E-state index in [0.717, 1.165) is 0 Å². The van der Waals surface area contributed by atoms with Crippen molar-refractivity contribution >= 4 is 0 Å². The van der Waals surface area contributed by atoms with Crippen LogP contribution in [0.25, 0.3) is 11.6 Å². The minimum absolute atomic E-state index is 0.401. The van der Waals surface area contributed by atoms with Gasteiger partial charge in [-0.25, -0.2) is 9.97 Å². The average molecular weight is 218 g/mol. The molecule has 2 rings (SSSR count). The van der Waals surface area contributed by atoms with E-state index in [2.05, 4.69) is 19.9 Å². The summed E-state index contributed by atoms with van der Waals surface area (Å²) in [4.78, 5) is 16.4. The lowest BCUT2D eigenvalue weighted by Gasteiger charge is -2.02. The molecule has 16 heavy (non-hydrogen) atoms. The van der Waals surface area contributed by atoms with Gasteiger partial charge in [-0.2, -0.15) is 9.97 Å². The van der Waals surface area contributed by atoms with Crippen LogP contribution < -0.4 is 9.47 Å². The van der Waals surface area contributed by atoms with Gasteiger partial charge in [0.2, 0.25) is 23.4 Å². The molecule has 0 saturated carbocycles. The van der Waals surface area contributed by atoms with Crippen molar-refractivity contribution in [1.82, 2.24) is 19.9 Å². The quantitative estimate of drug-likeness (QED) is 0.763. The van der Waals surface area contributed by atoms with E-state index < -0.39 is 0 Å². The van der Waals surface area contributed by atoms with Crippen LogP contribution in [-0.4, -0.2) is 34.2 Å². The highest BCUT2D eigenvalue weighted by Gasteiger charge is 2.06. The monoisotopic (exact) mass is 218 g/mol. The maximum Gasteiger partial charge on any atom is 0.216 e. The van der Waals surface area contributed by atoms with Gasteiger partial charge in [0.05, 0.1) is 14.2 Å². The number of hydrogen-bond donors (Lipinski definition) is 0. The zero-order chi connectivity index (χ0) is 11.4. The van der Waals surface area contributed by atoms with Crippen LogP contribution in [0.15, 0.2) is 24.5 Å². The van der Waals surface area contributed by atoms with Gasteiger partial charge >= 0.3 is 0 Å². The van der Waals surface area contributed by atoms with Crippen LogP contribution >= 0.6 is 0 Å². The second kappa shape index (κ2) is 4.52. The molecular formula is C10H10N4O2. The Bertz CT molecular complexity index is 444. The molecule has 82 valence electrons. The number of aromatic nitrogens is 4. The Hall–Kier alpha value is -2.24. The van der Waals surface area contributed by atoms with E-state index >= 15 is 0 Å². The third-order valence-corrected chi connectivity index (χ3v) is 1.88. The molecule has 6 heteroatoms. The van der Waals surface area contributed by atoms with Gasteiger partial charge in [0.15, 0.2) is 0 Å². The van der Waals surface area contributed by atoms with Crippen LogP contribution in [0.4, 0.5) is 0 Å². The summed E-state index contributed by atoms with van der Waals surface area (Å²) in [6, 6.07) is 3.31. The van der Waals surface area contributed by atoms with Crippen molar-refractivity contribution in [3.8, 4) is 23.4 Å². The predicted molar refractivity (Wildman–Crippen MR) is 56.2 cm³/mol. The molecule has 2 heterocycles. The van der Waals surface area contributed by atoms with Crippen molar-refractivity contribution in [1.29, 1.82) is 0 Å². The highest BCUT2D eigenvalue weighted by atomic mass is 16.5. The van der Waals surface area contributed by atoms with Gasteiger partial charge in [0.25, 0.3) is 0 Å². The van der Waals surface area contributed by atoms with Crippen LogP contribution in [0.3, 0.4) is 0 Å². The zero-order valence-electron chi connectivity index (χ0n) is 8.91. The Balaban J connectivity index is 2.41. The summed E-state index contributed by atoms with van der Waals surface area (Å²) < 4.78 is 9.99. The maximum absolute atomic E-state index is 4.99. The molecular weight excluding hydrogens is 208 g/mol. The molecule has 0 atom stereocenters. The molecule has 0 fully saturated rings. The maximum atomic E-state index is 4.99. The highest BCUT2D eigenvalue weighted by molar-refractivity contribution is 5.44. The molecule has 0 bridgehead atoms. The fourth-order valence-corrected chi connectivity index (χ4v) is 1.13. The Morgan fingerprint density at radius 2 is 1.25 bits per heavy atom. The molecule has 0 aromatic carbocycles. The van der Waals surface area contributed by atoms with Gasteiger partial charge in [-0.05, 0) is 0 Å². The third kappa shape index (κ3) is 2.05. The summed E-state index contributed by atoms with van der Waals surface area (Å²) in [6.45, 7) is 0. The number of nitrogens with zero attached hydrogens (tertiary/aromatic N) is 4. The van der Waals surface area contributed by atoms with Crippen LogP contribution in [0.2, 0.25) is 0 Å². The van der Waals surface area contributed by atoms with Crippen molar-refractivity contribution < 1.29 is 9.47 Å². The van der Waals surface area contributed by atoms with Crippen LogP contribution in [-0.2, 0) is 0 Å². The van der Waals surface area contributed by atoms with Crippen molar-refractivity contribution in [2.45, 2.75) is 0 Å². The fourth-order valence-electron chi connectivity index (χ4n) is 1.13. The summed E-state index contributed by atoms with van der Waals surface area (Å²) in [5.74, 6) is 1.74. The second-order valence-corrected chi connectivity index (χ2v) is 2.85. The molecule has 0 amide bonds. The predicted octanol–water partition coefficient (Wildman–Crippen LogP) is 0.951. The van der Waals surface area contributed by atoms with E-state index in [1.807, 2.05) is 0 Å². The molecule has 0 radical (unpaired) electrons. The summed E-state index contributed by atoms with van der Waals surface area (Å²) in [6.07, 6.45) is 3.17.